The van der Waals surface area contributed by atoms with Crippen molar-refractivity contribution in [3.8, 4) is 17.2 Å². The molecule has 0 spiro atoms. The van der Waals surface area contributed by atoms with E-state index in [0.29, 0.717) is 28.0 Å². The van der Waals surface area contributed by atoms with Crippen molar-refractivity contribution in [2.75, 3.05) is 7.11 Å². The summed E-state index contributed by atoms with van der Waals surface area (Å²) >= 11 is 0. The summed E-state index contributed by atoms with van der Waals surface area (Å²) in [5, 5.41) is 19.6. The Morgan fingerprint density at radius 2 is 1.87 bits per heavy atom. The molecule has 3 aromatic rings. The smallest absolute Gasteiger partial charge is 0.193 e. The number of methoxy groups -OCH3 is 1. The molecule has 0 aliphatic carbocycles. The first-order valence-electron chi connectivity index (χ1n) is 6.89. The number of aromatic hydroxyl groups is 2. The second kappa shape index (κ2) is 5.88. The van der Waals surface area contributed by atoms with Gasteiger partial charge in [0.05, 0.1) is 12.5 Å². The van der Waals surface area contributed by atoms with Crippen molar-refractivity contribution in [3.63, 3.8) is 0 Å². The fourth-order valence-electron chi connectivity index (χ4n) is 2.21. The highest BCUT2D eigenvalue weighted by atomic mass is 16.5. The first-order valence-corrected chi connectivity index (χ1v) is 6.89. The average Bonchev–Trinajstić information content (AvgIpc) is 2.54. The van der Waals surface area contributed by atoms with Crippen LogP contribution in [0, 0.1) is 0 Å². The molecule has 0 bridgehead atoms. The minimum atomic E-state index is -0.249. The van der Waals surface area contributed by atoms with Gasteiger partial charge in [0.2, 0.25) is 0 Å². The van der Waals surface area contributed by atoms with E-state index in [0.717, 1.165) is 0 Å². The quantitative estimate of drug-likeness (QED) is 0.775. The maximum absolute atomic E-state index is 12.0. The molecule has 5 nitrogen and oxygen atoms in total. The van der Waals surface area contributed by atoms with Crippen LogP contribution < -0.4 is 10.2 Å². The van der Waals surface area contributed by atoms with E-state index >= 15 is 0 Å². The van der Waals surface area contributed by atoms with Crippen LogP contribution in [0.15, 0.2) is 51.7 Å². The molecule has 0 radical (unpaired) electrons. The number of benzene rings is 2. The average molecular weight is 310 g/mol. The van der Waals surface area contributed by atoms with Crippen LogP contribution in [0.2, 0.25) is 0 Å². The molecule has 1 aromatic heterocycles. The molecule has 0 aliphatic heterocycles. The highest BCUT2D eigenvalue weighted by Crippen LogP contribution is 2.25. The topological polar surface area (TPSA) is 79.9 Å². The molecule has 0 saturated carbocycles. The minimum absolute atomic E-state index is 0.0104. The Bertz CT molecular complexity index is 953. The number of hydrogen-bond donors (Lipinski definition) is 2. The second-order valence-corrected chi connectivity index (χ2v) is 4.95. The van der Waals surface area contributed by atoms with Gasteiger partial charge in [-0.05, 0) is 42.5 Å². The fraction of sp³-hybridized carbons (Fsp3) is 0.0556. The van der Waals surface area contributed by atoms with Gasteiger partial charge < -0.3 is 19.4 Å². The van der Waals surface area contributed by atoms with Gasteiger partial charge in [-0.3, -0.25) is 4.79 Å². The first-order chi connectivity index (χ1) is 11.1. The summed E-state index contributed by atoms with van der Waals surface area (Å²) in [7, 11) is 1.52. The van der Waals surface area contributed by atoms with E-state index < -0.39 is 0 Å². The third-order valence-electron chi connectivity index (χ3n) is 3.39. The zero-order valence-corrected chi connectivity index (χ0v) is 12.3. The summed E-state index contributed by atoms with van der Waals surface area (Å²) in [5.74, 6) is 0.977. The lowest BCUT2D eigenvalue weighted by atomic mass is 10.1. The van der Waals surface area contributed by atoms with E-state index in [-0.39, 0.29) is 16.9 Å². The predicted octanol–water partition coefficient (Wildman–Crippen LogP) is 3.38. The van der Waals surface area contributed by atoms with Gasteiger partial charge in [-0.25, -0.2) is 0 Å². The van der Waals surface area contributed by atoms with E-state index in [1.54, 1.807) is 24.3 Å². The zero-order valence-electron chi connectivity index (χ0n) is 12.3. The number of hydrogen-bond acceptors (Lipinski definition) is 5. The van der Waals surface area contributed by atoms with Crippen molar-refractivity contribution in [2.24, 2.45) is 0 Å². The van der Waals surface area contributed by atoms with Crippen LogP contribution in [0.25, 0.3) is 23.1 Å². The first kappa shape index (κ1) is 14.7. The van der Waals surface area contributed by atoms with Crippen LogP contribution >= 0.6 is 0 Å². The van der Waals surface area contributed by atoms with Gasteiger partial charge in [0.1, 0.15) is 28.6 Å². The van der Waals surface area contributed by atoms with Crippen LogP contribution in [-0.2, 0) is 0 Å². The monoisotopic (exact) mass is 310 g/mol. The third-order valence-corrected chi connectivity index (χ3v) is 3.39. The SMILES string of the molecule is COc1ccc(/C=C/c2cc(=O)c3cc(O)ccc3o2)c(O)c1. The summed E-state index contributed by atoms with van der Waals surface area (Å²) in [6, 6.07) is 10.6. The van der Waals surface area contributed by atoms with Crippen molar-refractivity contribution < 1.29 is 19.4 Å². The van der Waals surface area contributed by atoms with Crippen LogP contribution in [-0.4, -0.2) is 17.3 Å². The van der Waals surface area contributed by atoms with Crippen molar-refractivity contribution in [1.82, 2.24) is 0 Å². The van der Waals surface area contributed by atoms with Gasteiger partial charge in [-0.15, -0.1) is 0 Å². The minimum Gasteiger partial charge on any atom is -0.508 e. The molecule has 23 heavy (non-hydrogen) atoms. The van der Waals surface area contributed by atoms with Gasteiger partial charge in [-0.2, -0.15) is 0 Å². The van der Waals surface area contributed by atoms with Crippen molar-refractivity contribution in [3.05, 3.63) is 64.0 Å². The van der Waals surface area contributed by atoms with Gasteiger partial charge in [-0.1, -0.05) is 0 Å². The Labute approximate surface area is 131 Å². The number of rotatable bonds is 3. The molecule has 0 aliphatic rings. The molecule has 0 atom stereocenters. The summed E-state index contributed by atoms with van der Waals surface area (Å²) in [6.45, 7) is 0. The van der Waals surface area contributed by atoms with E-state index in [9.17, 15) is 15.0 Å². The molecule has 2 aromatic carbocycles. The van der Waals surface area contributed by atoms with Crippen molar-refractivity contribution in [1.29, 1.82) is 0 Å². The summed E-state index contributed by atoms with van der Waals surface area (Å²) in [5.41, 5.74) is 0.703. The van der Waals surface area contributed by atoms with Crippen molar-refractivity contribution in [2.45, 2.75) is 0 Å². The molecular formula is C18H14O5. The lowest BCUT2D eigenvalue weighted by molar-refractivity contribution is 0.407. The van der Waals surface area contributed by atoms with Gasteiger partial charge in [0.15, 0.2) is 5.43 Å². The van der Waals surface area contributed by atoms with Crippen LogP contribution in [0.1, 0.15) is 11.3 Å². The molecule has 0 fully saturated rings. The molecule has 1 heterocycles. The highest BCUT2D eigenvalue weighted by molar-refractivity contribution is 5.80. The zero-order chi connectivity index (χ0) is 16.4. The fourth-order valence-corrected chi connectivity index (χ4v) is 2.21. The highest BCUT2D eigenvalue weighted by Gasteiger charge is 2.05. The summed E-state index contributed by atoms with van der Waals surface area (Å²) < 4.78 is 10.6. The Kier molecular flexibility index (Phi) is 3.76. The maximum Gasteiger partial charge on any atom is 0.193 e. The molecule has 0 unspecified atom stereocenters. The van der Waals surface area contributed by atoms with Gasteiger partial charge >= 0.3 is 0 Å². The van der Waals surface area contributed by atoms with Crippen LogP contribution in [0.4, 0.5) is 0 Å². The number of phenolic OH excluding ortho intramolecular Hbond substituents is 2. The standard InChI is InChI=1S/C18H14O5/c1-22-13-5-2-11(16(20)9-13)3-6-14-10-17(21)15-8-12(19)4-7-18(15)23-14/h2-10,19-20H,1H3/b6-3+. The Morgan fingerprint density at radius 1 is 1.04 bits per heavy atom. The molecule has 0 amide bonds. The molecule has 3 rings (SSSR count). The molecule has 5 heteroatoms. The predicted molar refractivity (Wildman–Crippen MR) is 87.7 cm³/mol. The Balaban J connectivity index is 1.98. The van der Waals surface area contributed by atoms with E-state index in [4.69, 9.17) is 9.15 Å². The number of fused-ring (bicyclic) bond motifs is 1. The van der Waals surface area contributed by atoms with E-state index in [1.807, 2.05) is 0 Å². The normalized spacial score (nSPS) is 11.2. The number of ether oxygens (including phenoxy) is 1. The second-order valence-electron chi connectivity index (χ2n) is 4.95. The maximum atomic E-state index is 12.0. The Hall–Kier alpha value is -3.21. The Morgan fingerprint density at radius 3 is 2.61 bits per heavy atom. The molecule has 2 N–H and O–H groups in total. The van der Waals surface area contributed by atoms with Crippen LogP contribution in [0.5, 0.6) is 17.2 Å². The largest absolute Gasteiger partial charge is 0.508 e. The van der Waals surface area contributed by atoms with Crippen molar-refractivity contribution >= 4 is 23.1 Å². The lowest BCUT2D eigenvalue weighted by Gasteiger charge is -2.03. The molecule has 116 valence electrons. The van der Waals surface area contributed by atoms with Gasteiger partial charge in [0.25, 0.3) is 0 Å². The van der Waals surface area contributed by atoms with E-state index in [2.05, 4.69) is 0 Å². The summed E-state index contributed by atoms with van der Waals surface area (Å²) in [6.07, 6.45) is 3.23. The summed E-state index contributed by atoms with van der Waals surface area (Å²) in [4.78, 5) is 12.0. The van der Waals surface area contributed by atoms with Gasteiger partial charge in [0, 0.05) is 17.7 Å². The van der Waals surface area contributed by atoms with E-state index in [1.165, 1.54) is 37.4 Å². The van der Waals surface area contributed by atoms with Crippen LogP contribution in [0.3, 0.4) is 0 Å². The third kappa shape index (κ3) is 3.03. The molecular weight excluding hydrogens is 296 g/mol. The number of phenols is 2. The lowest BCUT2D eigenvalue weighted by Crippen LogP contribution is -1.99. The molecule has 0 saturated heterocycles.